The summed E-state index contributed by atoms with van der Waals surface area (Å²) < 4.78 is 0. The number of rotatable bonds is 6. The predicted octanol–water partition coefficient (Wildman–Crippen LogP) is 2.35. The van der Waals surface area contributed by atoms with Crippen LogP contribution in [0.5, 0.6) is 0 Å². The van der Waals surface area contributed by atoms with Gasteiger partial charge in [-0.25, -0.2) is 0 Å². The number of primary amides is 1. The van der Waals surface area contributed by atoms with Gasteiger partial charge in [-0.3, -0.25) is 14.4 Å². The molecule has 2 aromatic carbocycles. The SMILES string of the molecule is C[C@H](Nc1cccc(N2CCCC2=O)c1)C(=O)Nc1ccc(C(N)=O)cc1. The first-order valence-corrected chi connectivity index (χ1v) is 8.82. The molecule has 1 aliphatic heterocycles. The smallest absolute Gasteiger partial charge is 0.248 e. The van der Waals surface area contributed by atoms with E-state index in [2.05, 4.69) is 10.6 Å². The fraction of sp³-hybridized carbons (Fsp3) is 0.250. The average molecular weight is 366 g/mol. The normalized spacial score (nSPS) is 14.7. The summed E-state index contributed by atoms with van der Waals surface area (Å²) in [5.74, 6) is -0.610. The van der Waals surface area contributed by atoms with Crippen molar-refractivity contribution in [3.05, 3.63) is 54.1 Å². The summed E-state index contributed by atoms with van der Waals surface area (Å²) in [4.78, 5) is 37.1. The first-order valence-electron chi connectivity index (χ1n) is 8.82. The van der Waals surface area contributed by atoms with Crippen LogP contribution in [0.25, 0.3) is 0 Å². The molecule has 1 saturated heterocycles. The van der Waals surface area contributed by atoms with Gasteiger partial charge in [-0.1, -0.05) is 6.07 Å². The van der Waals surface area contributed by atoms with E-state index in [0.29, 0.717) is 17.7 Å². The highest BCUT2D eigenvalue weighted by atomic mass is 16.2. The van der Waals surface area contributed by atoms with Crippen LogP contribution in [0.1, 0.15) is 30.1 Å². The molecule has 1 aliphatic rings. The zero-order chi connectivity index (χ0) is 19.4. The van der Waals surface area contributed by atoms with Crippen LogP contribution in [0.4, 0.5) is 17.1 Å². The molecular weight excluding hydrogens is 344 g/mol. The van der Waals surface area contributed by atoms with Crippen molar-refractivity contribution in [1.29, 1.82) is 0 Å². The number of nitrogens with zero attached hydrogens (tertiary/aromatic N) is 1. The highest BCUT2D eigenvalue weighted by Crippen LogP contribution is 2.24. The van der Waals surface area contributed by atoms with Gasteiger partial charge in [0, 0.05) is 35.6 Å². The molecule has 7 nitrogen and oxygen atoms in total. The third kappa shape index (κ3) is 4.44. The fourth-order valence-electron chi connectivity index (χ4n) is 2.97. The average Bonchev–Trinajstić information content (AvgIpc) is 3.08. The second-order valence-electron chi connectivity index (χ2n) is 6.50. The molecular formula is C20H22N4O3. The Kier molecular flexibility index (Phi) is 5.40. The summed E-state index contributed by atoms with van der Waals surface area (Å²) in [5.41, 5.74) is 7.76. The molecule has 0 aromatic heterocycles. The molecule has 0 radical (unpaired) electrons. The van der Waals surface area contributed by atoms with E-state index >= 15 is 0 Å². The summed E-state index contributed by atoms with van der Waals surface area (Å²) in [5, 5.41) is 5.93. The van der Waals surface area contributed by atoms with E-state index in [1.807, 2.05) is 24.3 Å². The molecule has 3 rings (SSSR count). The minimum atomic E-state index is -0.515. The molecule has 140 valence electrons. The number of carbonyl (C=O) groups excluding carboxylic acids is 3. The molecule has 0 bridgehead atoms. The lowest BCUT2D eigenvalue weighted by Crippen LogP contribution is -2.32. The van der Waals surface area contributed by atoms with Crippen molar-refractivity contribution in [1.82, 2.24) is 0 Å². The van der Waals surface area contributed by atoms with Gasteiger partial charge in [-0.05, 0) is 55.8 Å². The molecule has 1 heterocycles. The van der Waals surface area contributed by atoms with Crippen molar-refractivity contribution >= 4 is 34.8 Å². The maximum atomic E-state index is 12.4. The van der Waals surface area contributed by atoms with Crippen LogP contribution in [0.2, 0.25) is 0 Å². The predicted molar refractivity (Wildman–Crippen MR) is 105 cm³/mol. The van der Waals surface area contributed by atoms with E-state index < -0.39 is 11.9 Å². The van der Waals surface area contributed by atoms with Gasteiger partial charge >= 0.3 is 0 Å². The lowest BCUT2D eigenvalue weighted by Gasteiger charge is -2.19. The van der Waals surface area contributed by atoms with Gasteiger partial charge in [0.15, 0.2) is 0 Å². The summed E-state index contributed by atoms with van der Waals surface area (Å²) >= 11 is 0. The zero-order valence-electron chi connectivity index (χ0n) is 15.1. The largest absolute Gasteiger partial charge is 0.374 e. The van der Waals surface area contributed by atoms with Crippen molar-refractivity contribution in [3.8, 4) is 0 Å². The number of nitrogens with one attached hydrogen (secondary N) is 2. The van der Waals surface area contributed by atoms with Crippen molar-refractivity contribution in [3.63, 3.8) is 0 Å². The molecule has 0 aliphatic carbocycles. The Morgan fingerprint density at radius 2 is 1.85 bits per heavy atom. The molecule has 2 aromatic rings. The van der Waals surface area contributed by atoms with Gasteiger partial charge in [0.25, 0.3) is 0 Å². The molecule has 4 N–H and O–H groups in total. The van der Waals surface area contributed by atoms with Crippen LogP contribution < -0.4 is 21.3 Å². The second-order valence-corrected chi connectivity index (χ2v) is 6.50. The molecule has 7 heteroatoms. The Morgan fingerprint density at radius 3 is 2.48 bits per heavy atom. The van der Waals surface area contributed by atoms with Crippen molar-refractivity contribution < 1.29 is 14.4 Å². The van der Waals surface area contributed by atoms with Crippen LogP contribution in [0.15, 0.2) is 48.5 Å². The minimum absolute atomic E-state index is 0.123. The number of amides is 3. The molecule has 3 amide bonds. The molecule has 27 heavy (non-hydrogen) atoms. The Hall–Kier alpha value is -3.35. The van der Waals surface area contributed by atoms with E-state index in [9.17, 15) is 14.4 Å². The number of carbonyl (C=O) groups is 3. The minimum Gasteiger partial charge on any atom is -0.374 e. The van der Waals surface area contributed by atoms with E-state index in [1.165, 1.54) is 0 Å². The standard InChI is InChI=1S/C20H22N4O3/c1-13(20(27)23-15-9-7-14(8-10-15)19(21)26)22-16-4-2-5-17(12-16)24-11-3-6-18(24)25/h2,4-5,7-10,12-13,22H,3,6,11H2,1H3,(H2,21,26)(H,23,27)/t13-/m0/s1. The third-order valence-corrected chi connectivity index (χ3v) is 4.44. The highest BCUT2D eigenvalue weighted by molar-refractivity contribution is 5.98. The summed E-state index contributed by atoms with van der Waals surface area (Å²) in [6, 6.07) is 13.4. The Labute approximate surface area is 157 Å². The molecule has 0 saturated carbocycles. The summed E-state index contributed by atoms with van der Waals surface area (Å²) in [6.45, 7) is 2.47. The topological polar surface area (TPSA) is 105 Å². The third-order valence-electron chi connectivity index (χ3n) is 4.44. The Bertz CT molecular complexity index is 864. The first-order chi connectivity index (χ1) is 12.9. The zero-order valence-corrected chi connectivity index (χ0v) is 15.1. The number of anilines is 3. The first kappa shape index (κ1) is 18.4. The van der Waals surface area contributed by atoms with Gasteiger partial charge in [0.1, 0.15) is 6.04 Å². The quantitative estimate of drug-likeness (QED) is 0.730. The van der Waals surface area contributed by atoms with Crippen molar-refractivity contribution in [2.75, 3.05) is 22.1 Å². The number of hydrogen-bond donors (Lipinski definition) is 3. The lowest BCUT2D eigenvalue weighted by molar-refractivity contribution is -0.117. The van der Waals surface area contributed by atoms with Gasteiger partial charge in [0.05, 0.1) is 0 Å². The molecule has 1 atom stereocenters. The maximum Gasteiger partial charge on any atom is 0.248 e. The molecule has 1 fully saturated rings. The van der Waals surface area contributed by atoms with Crippen LogP contribution >= 0.6 is 0 Å². The monoisotopic (exact) mass is 366 g/mol. The van der Waals surface area contributed by atoms with Crippen molar-refractivity contribution in [2.24, 2.45) is 5.73 Å². The van der Waals surface area contributed by atoms with Gasteiger partial charge in [-0.2, -0.15) is 0 Å². The van der Waals surface area contributed by atoms with Crippen LogP contribution in [-0.2, 0) is 9.59 Å². The summed E-state index contributed by atoms with van der Waals surface area (Å²) in [6.07, 6.45) is 1.44. The van der Waals surface area contributed by atoms with Crippen LogP contribution in [-0.4, -0.2) is 30.3 Å². The van der Waals surface area contributed by atoms with E-state index in [1.54, 1.807) is 36.1 Å². The molecule has 0 spiro atoms. The highest BCUT2D eigenvalue weighted by Gasteiger charge is 2.22. The Balaban J connectivity index is 1.62. The maximum absolute atomic E-state index is 12.4. The van der Waals surface area contributed by atoms with Crippen LogP contribution in [0.3, 0.4) is 0 Å². The lowest BCUT2D eigenvalue weighted by atomic mass is 10.2. The Morgan fingerprint density at radius 1 is 1.11 bits per heavy atom. The number of benzene rings is 2. The fourth-order valence-corrected chi connectivity index (χ4v) is 2.97. The van der Waals surface area contributed by atoms with E-state index in [4.69, 9.17) is 5.73 Å². The van der Waals surface area contributed by atoms with Gasteiger partial charge < -0.3 is 21.3 Å². The van der Waals surface area contributed by atoms with Gasteiger partial charge in [0.2, 0.25) is 17.7 Å². The van der Waals surface area contributed by atoms with E-state index in [0.717, 1.165) is 24.3 Å². The number of nitrogens with two attached hydrogens (primary N) is 1. The summed E-state index contributed by atoms with van der Waals surface area (Å²) in [7, 11) is 0. The van der Waals surface area contributed by atoms with Gasteiger partial charge in [-0.15, -0.1) is 0 Å². The number of hydrogen-bond acceptors (Lipinski definition) is 4. The van der Waals surface area contributed by atoms with Crippen LogP contribution in [0, 0.1) is 0 Å². The van der Waals surface area contributed by atoms with E-state index in [-0.39, 0.29) is 11.8 Å². The second kappa shape index (κ2) is 7.90. The molecule has 0 unspecified atom stereocenters. The van der Waals surface area contributed by atoms with Crippen molar-refractivity contribution in [2.45, 2.75) is 25.8 Å².